The highest BCUT2D eigenvalue weighted by atomic mass is 16.2. The average Bonchev–Trinajstić information content (AvgIpc) is 3.22. The van der Waals surface area contributed by atoms with Crippen molar-refractivity contribution in [2.75, 3.05) is 18.4 Å². The zero-order valence-corrected chi connectivity index (χ0v) is 13.3. The van der Waals surface area contributed by atoms with Gasteiger partial charge >= 0.3 is 0 Å². The Morgan fingerprint density at radius 1 is 1.42 bits per heavy atom. The van der Waals surface area contributed by atoms with Crippen LogP contribution in [0.3, 0.4) is 0 Å². The summed E-state index contributed by atoms with van der Waals surface area (Å²) in [5.74, 6) is 1.74. The minimum atomic E-state index is -0.412. The third-order valence-electron chi connectivity index (χ3n) is 3.61. The number of anilines is 1. The molecule has 2 aromatic heterocycles. The number of hydrogen-bond donors (Lipinski definition) is 3. The maximum atomic E-state index is 11.9. The highest BCUT2D eigenvalue weighted by Gasteiger charge is 2.26. The molecule has 3 rings (SSSR count). The van der Waals surface area contributed by atoms with E-state index in [0.29, 0.717) is 43.4 Å². The van der Waals surface area contributed by atoms with Gasteiger partial charge in [0, 0.05) is 38.0 Å². The summed E-state index contributed by atoms with van der Waals surface area (Å²) in [6.45, 7) is 2.76. The predicted octanol–water partition coefficient (Wildman–Crippen LogP) is -0.223. The Labute approximate surface area is 138 Å². The first kappa shape index (κ1) is 15.9. The monoisotopic (exact) mass is 329 g/mol. The Hall–Kier alpha value is -2.97. The third-order valence-corrected chi connectivity index (χ3v) is 3.61. The zero-order chi connectivity index (χ0) is 16.9. The minimum Gasteiger partial charge on any atom is -0.368 e. The first-order chi connectivity index (χ1) is 11.6. The second kappa shape index (κ2) is 7.07. The van der Waals surface area contributed by atoms with Crippen LogP contribution in [-0.2, 0) is 9.59 Å². The van der Waals surface area contributed by atoms with Crippen molar-refractivity contribution in [3.8, 4) is 5.82 Å². The maximum absolute atomic E-state index is 11.9. The molecule has 1 aliphatic heterocycles. The summed E-state index contributed by atoms with van der Waals surface area (Å²) in [6, 6.07) is 3.20. The van der Waals surface area contributed by atoms with Gasteiger partial charge in [0.2, 0.25) is 11.8 Å². The molecule has 0 spiro atoms. The van der Waals surface area contributed by atoms with Crippen LogP contribution in [-0.4, -0.2) is 50.7 Å². The van der Waals surface area contributed by atoms with Gasteiger partial charge in [-0.1, -0.05) is 0 Å². The molecule has 1 aliphatic rings. The summed E-state index contributed by atoms with van der Waals surface area (Å²) in [5, 5.41) is 12.7. The van der Waals surface area contributed by atoms with Crippen molar-refractivity contribution in [3.05, 3.63) is 30.4 Å². The lowest BCUT2D eigenvalue weighted by Gasteiger charge is -2.12. The van der Waals surface area contributed by atoms with E-state index < -0.39 is 6.04 Å². The molecule has 9 heteroatoms. The normalized spacial score (nSPS) is 16.7. The van der Waals surface area contributed by atoms with Crippen molar-refractivity contribution in [2.24, 2.45) is 0 Å². The predicted molar refractivity (Wildman–Crippen MR) is 86.6 cm³/mol. The van der Waals surface area contributed by atoms with E-state index in [4.69, 9.17) is 0 Å². The highest BCUT2D eigenvalue weighted by Crippen LogP contribution is 2.10. The number of carbonyl (C=O) groups is 2. The maximum Gasteiger partial charge on any atom is 0.242 e. The summed E-state index contributed by atoms with van der Waals surface area (Å²) in [7, 11) is 0. The Bertz CT molecular complexity index is 729. The van der Waals surface area contributed by atoms with Gasteiger partial charge in [-0.15, -0.1) is 0 Å². The van der Waals surface area contributed by atoms with E-state index in [9.17, 15) is 9.59 Å². The molecule has 24 heavy (non-hydrogen) atoms. The highest BCUT2D eigenvalue weighted by molar-refractivity contribution is 5.90. The van der Waals surface area contributed by atoms with Crippen molar-refractivity contribution >= 4 is 17.6 Å². The van der Waals surface area contributed by atoms with Crippen LogP contribution in [0.25, 0.3) is 5.82 Å². The van der Waals surface area contributed by atoms with Crippen molar-refractivity contribution in [2.45, 2.75) is 25.8 Å². The molecule has 126 valence electrons. The van der Waals surface area contributed by atoms with Gasteiger partial charge in [-0.05, 0) is 19.4 Å². The van der Waals surface area contributed by atoms with Crippen molar-refractivity contribution in [3.63, 3.8) is 0 Å². The largest absolute Gasteiger partial charge is 0.368 e. The first-order valence-corrected chi connectivity index (χ1v) is 7.78. The van der Waals surface area contributed by atoms with Gasteiger partial charge in [-0.25, -0.2) is 14.6 Å². The molecule has 2 aromatic rings. The van der Waals surface area contributed by atoms with E-state index in [2.05, 4.69) is 31.0 Å². The van der Waals surface area contributed by atoms with Gasteiger partial charge in [0.05, 0.1) is 0 Å². The number of amides is 2. The number of nitrogens with one attached hydrogen (secondary N) is 3. The van der Waals surface area contributed by atoms with Crippen LogP contribution < -0.4 is 16.0 Å². The Morgan fingerprint density at radius 2 is 2.29 bits per heavy atom. The quantitative estimate of drug-likeness (QED) is 0.631. The molecule has 0 radical (unpaired) electrons. The van der Waals surface area contributed by atoms with Gasteiger partial charge < -0.3 is 16.0 Å². The molecular formula is C15H19N7O2. The average molecular weight is 329 g/mol. The number of nitrogens with zero attached hydrogens (tertiary/aromatic N) is 4. The van der Waals surface area contributed by atoms with Crippen LogP contribution in [0.15, 0.2) is 24.5 Å². The number of hydrogen-bond acceptors (Lipinski definition) is 6. The smallest absolute Gasteiger partial charge is 0.242 e. The molecule has 3 heterocycles. The lowest BCUT2D eigenvalue weighted by atomic mass is 10.2. The molecule has 1 fully saturated rings. The number of rotatable bonds is 6. The summed E-state index contributed by atoms with van der Waals surface area (Å²) < 4.78 is 1.66. The molecule has 1 atom stereocenters. The Balaban J connectivity index is 1.50. The molecule has 1 saturated heterocycles. The topological polar surface area (TPSA) is 114 Å². The molecule has 9 nitrogen and oxygen atoms in total. The fraction of sp³-hybridized carbons (Fsp3) is 0.400. The molecule has 3 N–H and O–H groups in total. The van der Waals surface area contributed by atoms with Gasteiger partial charge in [-0.2, -0.15) is 5.10 Å². The number of aryl methyl sites for hydroxylation is 1. The van der Waals surface area contributed by atoms with Crippen LogP contribution in [0.4, 0.5) is 5.82 Å². The zero-order valence-electron chi connectivity index (χ0n) is 13.3. The Kier molecular flexibility index (Phi) is 4.69. The van der Waals surface area contributed by atoms with Crippen LogP contribution in [0.2, 0.25) is 0 Å². The SMILES string of the molecule is Cc1nc(NCCNC(=O)C2CCC(=O)N2)cc(-n2cccn2)n1. The van der Waals surface area contributed by atoms with E-state index in [1.165, 1.54) is 0 Å². The fourth-order valence-electron chi connectivity index (χ4n) is 2.47. The number of carbonyl (C=O) groups excluding carboxylic acids is 2. The Morgan fingerprint density at radius 3 is 3.00 bits per heavy atom. The molecule has 0 saturated carbocycles. The van der Waals surface area contributed by atoms with Crippen LogP contribution in [0.5, 0.6) is 0 Å². The first-order valence-electron chi connectivity index (χ1n) is 7.78. The fourth-order valence-corrected chi connectivity index (χ4v) is 2.47. The second-order valence-corrected chi connectivity index (χ2v) is 5.49. The number of aromatic nitrogens is 4. The molecule has 1 unspecified atom stereocenters. The van der Waals surface area contributed by atoms with E-state index in [1.807, 2.05) is 19.2 Å². The second-order valence-electron chi connectivity index (χ2n) is 5.49. The van der Waals surface area contributed by atoms with Crippen LogP contribution >= 0.6 is 0 Å². The van der Waals surface area contributed by atoms with Gasteiger partial charge in [-0.3, -0.25) is 9.59 Å². The summed E-state index contributed by atoms with van der Waals surface area (Å²) >= 11 is 0. The van der Waals surface area contributed by atoms with E-state index >= 15 is 0 Å². The van der Waals surface area contributed by atoms with Crippen molar-refractivity contribution in [1.29, 1.82) is 0 Å². The van der Waals surface area contributed by atoms with Crippen molar-refractivity contribution < 1.29 is 9.59 Å². The lowest BCUT2D eigenvalue weighted by Crippen LogP contribution is -2.43. The van der Waals surface area contributed by atoms with Crippen LogP contribution in [0.1, 0.15) is 18.7 Å². The molecular weight excluding hydrogens is 310 g/mol. The lowest BCUT2D eigenvalue weighted by molar-refractivity contribution is -0.125. The van der Waals surface area contributed by atoms with Gasteiger partial charge in [0.15, 0.2) is 5.82 Å². The summed E-state index contributed by atoms with van der Waals surface area (Å²) in [6.07, 6.45) is 4.45. The van der Waals surface area contributed by atoms with Gasteiger partial charge in [0.25, 0.3) is 0 Å². The summed E-state index contributed by atoms with van der Waals surface area (Å²) in [4.78, 5) is 31.6. The van der Waals surface area contributed by atoms with E-state index in [0.717, 1.165) is 0 Å². The molecule has 0 aromatic carbocycles. The van der Waals surface area contributed by atoms with E-state index in [1.54, 1.807) is 16.9 Å². The standard InChI is InChI=1S/C15H19N7O2/c1-10-19-12(9-13(20-10)22-8-2-5-18-22)16-6-7-17-15(24)11-3-4-14(23)21-11/h2,5,8-9,11H,3-4,6-7H2,1H3,(H,17,24)(H,21,23)(H,16,19,20). The molecule has 0 bridgehead atoms. The molecule has 0 aliphatic carbocycles. The van der Waals surface area contributed by atoms with Gasteiger partial charge in [0.1, 0.15) is 17.7 Å². The summed E-state index contributed by atoms with van der Waals surface area (Å²) in [5.41, 5.74) is 0. The third kappa shape index (κ3) is 3.86. The van der Waals surface area contributed by atoms with E-state index in [-0.39, 0.29) is 11.8 Å². The van der Waals surface area contributed by atoms with Crippen molar-refractivity contribution in [1.82, 2.24) is 30.4 Å². The molecule has 2 amide bonds. The minimum absolute atomic E-state index is 0.0733. The van der Waals surface area contributed by atoms with Crippen LogP contribution in [0, 0.1) is 6.92 Å².